The summed E-state index contributed by atoms with van der Waals surface area (Å²) >= 11 is 0. The predicted molar refractivity (Wildman–Crippen MR) is 76.2 cm³/mol. The molecule has 0 aromatic heterocycles. The van der Waals surface area contributed by atoms with Gasteiger partial charge >= 0.3 is 5.97 Å². The van der Waals surface area contributed by atoms with Crippen molar-refractivity contribution in [2.24, 2.45) is 11.8 Å². The Hall–Kier alpha value is -0.610. The minimum atomic E-state index is -1.00. The molecule has 0 aliphatic heterocycles. The van der Waals surface area contributed by atoms with E-state index in [0.29, 0.717) is 11.8 Å². The summed E-state index contributed by atoms with van der Waals surface area (Å²) in [6.07, 6.45) is 3.54. The van der Waals surface area contributed by atoms with Crippen LogP contribution in [0, 0.1) is 11.8 Å². The van der Waals surface area contributed by atoms with E-state index in [1.165, 1.54) is 6.42 Å². The molecule has 3 unspecified atom stereocenters. The number of hydrogen-bond donors (Lipinski definition) is 2. The van der Waals surface area contributed by atoms with Gasteiger partial charge < -0.3 is 9.84 Å². The van der Waals surface area contributed by atoms with Gasteiger partial charge in [0, 0.05) is 6.04 Å². The van der Waals surface area contributed by atoms with E-state index in [0.717, 1.165) is 12.8 Å². The summed E-state index contributed by atoms with van der Waals surface area (Å²) in [5.74, 6) is 0.490. The lowest BCUT2D eigenvalue weighted by atomic mass is 9.81. The minimum Gasteiger partial charge on any atom is -0.480 e. The van der Waals surface area contributed by atoms with Crippen LogP contribution in [-0.2, 0) is 9.53 Å². The van der Waals surface area contributed by atoms with Crippen LogP contribution in [0.15, 0.2) is 0 Å². The van der Waals surface area contributed by atoms with E-state index in [1.54, 1.807) is 6.92 Å². The summed E-state index contributed by atoms with van der Waals surface area (Å²) < 4.78 is 5.91. The van der Waals surface area contributed by atoms with Gasteiger partial charge in [-0.25, -0.2) is 0 Å². The molecule has 2 N–H and O–H groups in total. The van der Waals surface area contributed by atoms with Gasteiger partial charge in [-0.3, -0.25) is 10.1 Å². The van der Waals surface area contributed by atoms with Crippen molar-refractivity contribution in [2.45, 2.75) is 71.6 Å². The maximum absolute atomic E-state index is 11.4. The molecule has 1 rings (SSSR count). The molecule has 1 aliphatic carbocycles. The SMILES string of the molecule is CC1CC(C)CC(OCC(C)(NC(C)C)C(=O)O)C1. The van der Waals surface area contributed by atoms with Crippen molar-refractivity contribution in [1.82, 2.24) is 5.32 Å². The molecule has 1 fully saturated rings. The first-order valence-electron chi connectivity index (χ1n) is 7.35. The van der Waals surface area contributed by atoms with Gasteiger partial charge in [0.1, 0.15) is 5.54 Å². The minimum absolute atomic E-state index is 0.119. The van der Waals surface area contributed by atoms with E-state index in [-0.39, 0.29) is 18.8 Å². The van der Waals surface area contributed by atoms with Crippen molar-refractivity contribution in [3.05, 3.63) is 0 Å². The van der Waals surface area contributed by atoms with Crippen LogP contribution >= 0.6 is 0 Å². The fourth-order valence-electron chi connectivity index (χ4n) is 3.10. The molecule has 0 bridgehead atoms. The molecule has 1 saturated carbocycles. The van der Waals surface area contributed by atoms with E-state index >= 15 is 0 Å². The number of carbonyl (C=O) groups is 1. The second-order valence-electron chi connectivity index (χ2n) is 6.79. The summed E-state index contributed by atoms with van der Waals surface area (Å²) in [5.41, 5.74) is -1.00. The zero-order valence-corrected chi connectivity index (χ0v) is 12.9. The van der Waals surface area contributed by atoms with E-state index in [4.69, 9.17) is 4.74 Å². The zero-order valence-electron chi connectivity index (χ0n) is 12.9. The Kier molecular flexibility index (Phi) is 5.81. The lowest BCUT2D eigenvalue weighted by Gasteiger charge is -2.35. The second kappa shape index (κ2) is 6.71. The van der Waals surface area contributed by atoms with Gasteiger partial charge in [-0.05, 0) is 51.9 Å². The standard InChI is InChI=1S/C15H29NO3/c1-10(2)16-15(5,14(17)18)9-19-13-7-11(3)6-12(4)8-13/h10-13,16H,6-9H2,1-5H3,(H,17,18). The molecule has 0 heterocycles. The number of nitrogens with one attached hydrogen (secondary N) is 1. The highest BCUT2D eigenvalue weighted by atomic mass is 16.5. The van der Waals surface area contributed by atoms with Crippen LogP contribution in [0.3, 0.4) is 0 Å². The van der Waals surface area contributed by atoms with Crippen molar-refractivity contribution >= 4 is 5.97 Å². The number of carboxylic acid groups (broad SMARTS) is 1. The Bertz CT molecular complexity index is 296. The Labute approximate surface area is 116 Å². The number of carboxylic acids is 1. The number of rotatable bonds is 6. The van der Waals surface area contributed by atoms with Crippen molar-refractivity contribution in [1.29, 1.82) is 0 Å². The number of aliphatic carboxylic acids is 1. The Balaban J connectivity index is 2.54. The zero-order chi connectivity index (χ0) is 14.6. The average molecular weight is 271 g/mol. The molecule has 112 valence electrons. The van der Waals surface area contributed by atoms with E-state index in [2.05, 4.69) is 19.2 Å². The first kappa shape index (κ1) is 16.4. The summed E-state index contributed by atoms with van der Waals surface area (Å²) in [5, 5.41) is 12.5. The highest BCUT2D eigenvalue weighted by Gasteiger charge is 2.35. The molecular formula is C15H29NO3. The molecule has 1 aliphatic rings. The van der Waals surface area contributed by atoms with Crippen LogP contribution in [0.4, 0.5) is 0 Å². The van der Waals surface area contributed by atoms with Gasteiger partial charge in [0.25, 0.3) is 0 Å². The van der Waals surface area contributed by atoms with Gasteiger partial charge in [-0.1, -0.05) is 13.8 Å². The van der Waals surface area contributed by atoms with Crippen LogP contribution in [0.5, 0.6) is 0 Å². The highest BCUT2D eigenvalue weighted by molar-refractivity contribution is 5.78. The molecule has 0 aromatic carbocycles. The Morgan fingerprint density at radius 3 is 2.26 bits per heavy atom. The summed E-state index contributed by atoms with van der Waals surface area (Å²) in [4.78, 5) is 11.4. The van der Waals surface area contributed by atoms with Crippen LogP contribution in [-0.4, -0.2) is 35.4 Å². The van der Waals surface area contributed by atoms with Gasteiger partial charge in [-0.2, -0.15) is 0 Å². The van der Waals surface area contributed by atoms with Crippen molar-refractivity contribution in [2.75, 3.05) is 6.61 Å². The van der Waals surface area contributed by atoms with Crippen molar-refractivity contribution < 1.29 is 14.6 Å². The van der Waals surface area contributed by atoms with Crippen LogP contribution < -0.4 is 5.32 Å². The molecule has 0 aromatic rings. The summed E-state index contributed by atoms with van der Waals surface area (Å²) in [6.45, 7) is 10.3. The first-order chi connectivity index (χ1) is 8.73. The maximum atomic E-state index is 11.4. The molecule has 4 nitrogen and oxygen atoms in total. The molecule has 0 radical (unpaired) electrons. The third-order valence-electron chi connectivity index (χ3n) is 3.82. The fraction of sp³-hybridized carbons (Fsp3) is 0.933. The van der Waals surface area contributed by atoms with Crippen molar-refractivity contribution in [3.8, 4) is 0 Å². The third kappa shape index (κ3) is 5.11. The predicted octanol–water partition coefficient (Wildman–Crippen LogP) is 2.67. The van der Waals surface area contributed by atoms with E-state index < -0.39 is 11.5 Å². The van der Waals surface area contributed by atoms with Crippen LogP contribution in [0.2, 0.25) is 0 Å². The lowest BCUT2D eigenvalue weighted by molar-refractivity contribution is -0.149. The molecule has 4 heteroatoms. The fourth-order valence-corrected chi connectivity index (χ4v) is 3.10. The quantitative estimate of drug-likeness (QED) is 0.780. The lowest BCUT2D eigenvalue weighted by Crippen LogP contribution is -2.56. The van der Waals surface area contributed by atoms with Gasteiger partial charge in [-0.15, -0.1) is 0 Å². The summed E-state index contributed by atoms with van der Waals surface area (Å²) in [6, 6.07) is 0.119. The van der Waals surface area contributed by atoms with Gasteiger partial charge in [0.2, 0.25) is 0 Å². The van der Waals surface area contributed by atoms with Crippen molar-refractivity contribution in [3.63, 3.8) is 0 Å². The average Bonchev–Trinajstić information content (AvgIpc) is 2.24. The monoisotopic (exact) mass is 271 g/mol. The second-order valence-corrected chi connectivity index (χ2v) is 6.79. The molecule has 19 heavy (non-hydrogen) atoms. The normalized spacial score (nSPS) is 31.2. The van der Waals surface area contributed by atoms with Gasteiger partial charge in [0.15, 0.2) is 0 Å². The number of hydrogen-bond acceptors (Lipinski definition) is 3. The molecule has 0 amide bonds. The third-order valence-corrected chi connectivity index (χ3v) is 3.82. The maximum Gasteiger partial charge on any atom is 0.326 e. The van der Waals surface area contributed by atoms with Crippen LogP contribution in [0.1, 0.15) is 53.9 Å². The van der Waals surface area contributed by atoms with E-state index in [1.807, 2.05) is 13.8 Å². The highest BCUT2D eigenvalue weighted by Crippen LogP contribution is 2.30. The molecule has 0 saturated heterocycles. The van der Waals surface area contributed by atoms with E-state index in [9.17, 15) is 9.90 Å². The molecular weight excluding hydrogens is 242 g/mol. The van der Waals surface area contributed by atoms with Crippen LogP contribution in [0.25, 0.3) is 0 Å². The summed E-state index contributed by atoms with van der Waals surface area (Å²) in [7, 11) is 0. The Morgan fingerprint density at radius 2 is 1.84 bits per heavy atom. The number of ether oxygens (including phenoxy) is 1. The Morgan fingerprint density at radius 1 is 1.32 bits per heavy atom. The van der Waals surface area contributed by atoms with Gasteiger partial charge in [0.05, 0.1) is 12.7 Å². The largest absolute Gasteiger partial charge is 0.480 e. The molecule has 3 atom stereocenters. The smallest absolute Gasteiger partial charge is 0.326 e. The first-order valence-corrected chi connectivity index (χ1v) is 7.35. The topological polar surface area (TPSA) is 58.6 Å². The molecule has 0 spiro atoms.